The number of cyclic esters (lactones) is 1. The standard InChI is InChI=1S/C19H14F2O6/c20-19(21)15(27-17(23)13-9-5-2-6-10-13)14(26-18(19)24)11-25-16(22)12-7-3-1-4-8-12/h1-10,14-15H,11H2/t14-,15?/m1/s1. The van der Waals surface area contributed by atoms with Crippen LogP contribution in [0.4, 0.5) is 8.78 Å². The highest BCUT2D eigenvalue weighted by atomic mass is 19.3. The summed E-state index contributed by atoms with van der Waals surface area (Å²) < 4.78 is 42.5. The zero-order chi connectivity index (χ0) is 19.4. The van der Waals surface area contributed by atoms with Crippen molar-refractivity contribution in [3.63, 3.8) is 0 Å². The molecule has 0 amide bonds. The molecule has 1 aliphatic heterocycles. The number of halogens is 2. The number of carbonyl (C=O) groups excluding carboxylic acids is 3. The number of hydrogen-bond acceptors (Lipinski definition) is 6. The first-order valence-corrected chi connectivity index (χ1v) is 7.96. The van der Waals surface area contributed by atoms with Crippen LogP contribution in [0.3, 0.4) is 0 Å². The summed E-state index contributed by atoms with van der Waals surface area (Å²) >= 11 is 0. The highest BCUT2D eigenvalue weighted by molar-refractivity contribution is 5.91. The molecular formula is C19H14F2O6. The molecule has 1 unspecified atom stereocenters. The van der Waals surface area contributed by atoms with Crippen LogP contribution in [0.2, 0.25) is 0 Å². The van der Waals surface area contributed by atoms with Crippen LogP contribution in [0.5, 0.6) is 0 Å². The second kappa shape index (κ2) is 7.53. The zero-order valence-corrected chi connectivity index (χ0v) is 13.8. The normalized spacial score (nSPS) is 20.6. The van der Waals surface area contributed by atoms with E-state index >= 15 is 0 Å². The number of carbonyl (C=O) groups is 3. The molecule has 1 saturated heterocycles. The molecule has 0 saturated carbocycles. The van der Waals surface area contributed by atoms with Gasteiger partial charge in [0.2, 0.25) is 6.10 Å². The first-order chi connectivity index (χ1) is 12.9. The summed E-state index contributed by atoms with van der Waals surface area (Å²) in [6.07, 6.45) is -3.82. The maximum absolute atomic E-state index is 14.1. The highest BCUT2D eigenvalue weighted by Crippen LogP contribution is 2.34. The largest absolute Gasteiger partial charge is 0.458 e. The lowest BCUT2D eigenvalue weighted by Crippen LogP contribution is -2.43. The van der Waals surface area contributed by atoms with Crippen LogP contribution >= 0.6 is 0 Å². The highest BCUT2D eigenvalue weighted by Gasteiger charge is 2.63. The Kier molecular flexibility index (Phi) is 5.16. The van der Waals surface area contributed by atoms with Crippen LogP contribution in [-0.4, -0.2) is 42.6 Å². The molecule has 0 spiro atoms. The molecule has 0 aromatic heterocycles. The van der Waals surface area contributed by atoms with Gasteiger partial charge in [-0.15, -0.1) is 0 Å². The third-order valence-corrected chi connectivity index (χ3v) is 3.86. The molecule has 6 nitrogen and oxygen atoms in total. The van der Waals surface area contributed by atoms with E-state index in [9.17, 15) is 23.2 Å². The summed E-state index contributed by atoms with van der Waals surface area (Å²) in [5.41, 5.74) is 0.235. The van der Waals surface area contributed by atoms with Crippen molar-refractivity contribution in [2.75, 3.05) is 6.61 Å². The molecule has 2 aromatic carbocycles. The Balaban J connectivity index is 1.70. The van der Waals surface area contributed by atoms with E-state index in [1.807, 2.05) is 0 Å². The molecule has 1 aliphatic rings. The van der Waals surface area contributed by atoms with E-state index < -0.39 is 42.6 Å². The number of alkyl halides is 2. The summed E-state index contributed by atoms with van der Waals surface area (Å²) in [6, 6.07) is 15.3. The van der Waals surface area contributed by atoms with Crippen molar-refractivity contribution in [2.24, 2.45) is 0 Å². The monoisotopic (exact) mass is 376 g/mol. The van der Waals surface area contributed by atoms with Gasteiger partial charge in [-0.05, 0) is 24.3 Å². The van der Waals surface area contributed by atoms with Crippen LogP contribution in [-0.2, 0) is 19.0 Å². The van der Waals surface area contributed by atoms with Gasteiger partial charge in [-0.1, -0.05) is 36.4 Å². The van der Waals surface area contributed by atoms with E-state index in [-0.39, 0.29) is 11.1 Å². The van der Waals surface area contributed by atoms with Gasteiger partial charge in [0.25, 0.3) is 0 Å². The quantitative estimate of drug-likeness (QED) is 0.590. The fourth-order valence-corrected chi connectivity index (χ4v) is 2.47. The van der Waals surface area contributed by atoms with E-state index in [0.717, 1.165) is 0 Å². The van der Waals surface area contributed by atoms with E-state index in [1.165, 1.54) is 36.4 Å². The van der Waals surface area contributed by atoms with Crippen LogP contribution < -0.4 is 0 Å². The number of benzene rings is 2. The molecule has 3 rings (SSSR count). The van der Waals surface area contributed by atoms with Gasteiger partial charge in [-0.3, -0.25) is 0 Å². The van der Waals surface area contributed by atoms with Crippen LogP contribution in [0, 0.1) is 0 Å². The number of rotatable bonds is 5. The first-order valence-electron chi connectivity index (χ1n) is 7.96. The van der Waals surface area contributed by atoms with Crippen molar-refractivity contribution in [3.8, 4) is 0 Å². The average Bonchev–Trinajstić information content (AvgIpc) is 2.90. The Morgan fingerprint density at radius 3 is 2.00 bits per heavy atom. The molecule has 2 atom stereocenters. The lowest BCUT2D eigenvalue weighted by molar-refractivity contribution is -0.163. The average molecular weight is 376 g/mol. The topological polar surface area (TPSA) is 78.9 Å². The Bertz CT molecular complexity index is 838. The zero-order valence-electron chi connectivity index (χ0n) is 13.8. The SMILES string of the molecule is O=C(OC[C@H]1OC(=O)C(F)(F)C1OC(=O)c1ccccc1)c1ccccc1. The third-order valence-electron chi connectivity index (χ3n) is 3.86. The van der Waals surface area contributed by atoms with Gasteiger partial charge in [0.15, 0.2) is 6.10 Å². The summed E-state index contributed by atoms with van der Waals surface area (Å²) in [7, 11) is 0. The minimum absolute atomic E-state index is 0.0349. The molecular weight excluding hydrogens is 362 g/mol. The van der Waals surface area contributed by atoms with Gasteiger partial charge >= 0.3 is 23.8 Å². The Morgan fingerprint density at radius 1 is 0.926 bits per heavy atom. The van der Waals surface area contributed by atoms with Crippen LogP contribution in [0.1, 0.15) is 20.7 Å². The maximum atomic E-state index is 14.1. The van der Waals surface area contributed by atoms with Gasteiger partial charge in [-0.2, -0.15) is 8.78 Å². The minimum atomic E-state index is -4.05. The third kappa shape index (κ3) is 3.94. The van der Waals surface area contributed by atoms with E-state index in [4.69, 9.17) is 9.47 Å². The van der Waals surface area contributed by atoms with Crippen molar-refractivity contribution in [3.05, 3.63) is 71.8 Å². The smallest absolute Gasteiger partial charge is 0.382 e. The fourth-order valence-electron chi connectivity index (χ4n) is 2.47. The molecule has 0 bridgehead atoms. The van der Waals surface area contributed by atoms with Crippen LogP contribution in [0.25, 0.3) is 0 Å². The van der Waals surface area contributed by atoms with Crippen molar-refractivity contribution in [1.82, 2.24) is 0 Å². The van der Waals surface area contributed by atoms with E-state index in [2.05, 4.69) is 4.74 Å². The van der Waals surface area contributed by atoms with Gasteiger partial charge in [0.05, 0.1) is 11.1 Å². The first kappa shape index (κ1) is 18.5. The van der Waals surface area contributed by atoms with Crippen molar-refractivity contribution >= 4 is 17.9 Å². The fraction of sp³-hybridized carbons (Fsp3) is 0.211. The lowest BCUT2D eigenvalue weighted by Gasteiger charge is -2.20. The number of esters is 3. The molecule has 1 heterocycles. The molecule has 27 heavy (non-hydrogen) atoms. The molecule has 0 aliphatic carbocycles. The Morgan fingerprint density at radius 2 is 1.44 bits per heavy atom. The lowest BCUT2D eigenvalue weighted by atomic mass is 10.1. The molecule has 140 valence electrons. The summed E-state index contributed by atoms with van der Waals surface area (Å²) in [5.74, 6) is -7.71. The van der Waals surface area contributed by atoms with Crippen molar-refractivity contribution in [1.29, 1.82) is 0 Å². The molecule has 8 heteroatoms. The predicted molar refractivity (Wildman–Crippen MR) is 87.2 cm³/mol. The van der Waals surface area contributed by atoms with Gasteiger partial charge in [-0.25, -0.2) is 14.4 Å². The second-order valence-corrected chi connectivity index (χ2v) is 5.72. The maximum Gasteiger partial charge on any atom is 0.382 e. The van der Waals surface area contributed by atoms with E-state index in [1.54, 1.807) is 24.3 Å². The molecule has 0 N–H and O–H groups in total. The molecule has 1 fully saturated rings. The summed E-state index contributed by atoms with van der Waals surface area (Å²) in [6.45, 7) is -0.679. The number of ether oxygens (including phenoxy) is 3. The molecule has 0 radical (unpaired) electrons. The minimum Gasteiger partial charge on any atom is -0.458 e. The van der Waals surface area contributed by atoms with E-state index in [0.29, 0.717) is 0 Å². The van der Waals surface area contributed by atoms with Gasteiger partial charge in [0.1, 0.15) is 6.61 Å². The number of hydrogen-bond donors (Lipinski definition) is 0. The summed E-state index contributed by atoms with van der Waals surface area (Å²) in [5, 5.41) is 0. The second-order valence-electron chi connectivity index (χ2n) is 5.72. The predicted octanol–water partition coefficient (Wildman–Crippen LogP) is 2.63. The van der Waals surface area contributed by atoms with Crippen LogP contribution in [0.15, 0.2) is 60.7 Å². The van der Waals surface area contributed by atoms with Crippen molar-refractivity contribution < 1.29 is 37.4 Å². The molecule has 2 aromatic rings. The van der Waals surface area contributed by atoms with Crippen molar-refractivity contribution in [2.45, 2.75) is 18.1 Å². The summed E-state index contributed by atoms with van der Waals surface area (Å²) in [4.78, 5) is 35.5. The Hall–Kier alpha value is -3.29. The van der Waals surface area contributed by atoms with Gasteiger partial charge in [0, 0.05) is 0 Å². The Labute approximate surface area is 152 Å². The van der Waals surface area contributed by atoms with Gasteiger partial charge < -0.3 is 14.2 Å².